The largest absolute Gasteiger partial charge is 0.384 e. The molecule has 1 N–H and O–H groups in total. The van der Waals surface area contributed by atoms with Crippen LogP contribution in [-0.4, -0.2) is 28.1 Å². The van der Waals surface area contributed by atoms with E-state index < -0.39 is 5.60 Å². The lowest BCUT2D eigenvalue weighted by molar-refractivity contribution is 0.0453. The molecule has 0 spiro atoms. The summed E-state index contributed by atoms with van der Waals surface area (Å²) in [6.45, 7) is 4.47. The van der Waals surface area contributed by atoms with Crippen LogP contribution in [0.1, 0.15) is 23.2 Å². The zero-order chi connectivity index (χ0) is 16.6. The summed E-state index contributed by atoms with van der Waals surface area (Å²) in [5.41, 5.74) is 3.66. The zero-order valence-corrected chi connectivity index (χ0v) is 13.9. The fraction of sp³-hybridized carbons (Fsp3) is 0.286. The molecule has 1 fully saturated rings. The first kappa shape index (κ1) is 15.3. The summed E-state index contributed by atoms with van der Waals surface area (Å²) in [4.78, 5) is 6.96. The minimum Gasteiger partial charge on any atom is -0.384 e. The molecule has 122 valence electrons. The molecule has 1 unspecified atom stereocenters. The molecule has 24 heavy (non-hydrogen) atoms. The molecule has 1 atom stereocenters. The molecular weight excluding hydrogens is 296 g/mol. The van der Waals surface area contributed by atoms with Crippen molar-refractivity contribution in [1.29, 1.82) is 0 Å². The number of aliphatic hydroxyl groups is 1. The molecule has 4 rings (SSSR count). The molecule has 2 aromatic carbocycles. The number of benzene rings is 2. The second-order valence-corrected chi connectivity index (χ2v) is 6.80. The van der Waals surface area contributed by atoms with Gasteiger partial charge in [0, 0.05) is 30.7 Å². The second-order valence-electron chi connectivity index (χ2n) is 6.80. The number of rotatable bonds is 3. The van der Waals surface area contributed by atoms with Crippen LogP contribution in [0.5, 0.6) is 0 Å². The molecule has 3 aromatic rings. The van der Waals surface area contributed by atoms with Gasteiger partial charge in [-0.05, 0) is 36.6 Å². The highest BCUT2D eigenvalue weighted by Crippen LogP contribution is 2.33. The summed E-state index contributed by atoms with van der Waals surface area (Å²) in [5.74, 6) is 0. The molecule has 0 aliphatic carbocycles. The fourth-order valence-electron chi connectivity index (χ4n) is 3.76. The van der Waals surface area contributed by atoms with E-state index in [0.717, 1.165) is 36.3 Å². The molecule has 1 aliphatic heterocycles. The van der Waals surface area contributed by atoms with Crippen LogP contribution in [0.15, 0.2) is 60.7 Å². The normalized spacial score (nSPS) is 21.4. The number of fused-ring (bicyclic) bond motifs is 1. The summed E-state index contributed by atoms with van der Waals surface area (Å²) in [6, 6.07) is 20.5. The van der Waals surface area contributed by atoms with Crippen LogP contribution in [0, 0.1) is 6.92 Å². The summed E-state index contributed by atoms with van der Waals surface area (Å²) < 4.78 is 0. The quantitative estimate of drug-likeness (QED) is 0.801. The Morgan fingerprint density at radius 1 is 1.08 bits per heavy atom. The third-order valence-corrected chi connectivity index (χ3v) is 4.96. The van der Waals surface area contributed by atoms with E-state index in [1.807, 2.05) is 43.3 Å². The van der Waals surface area contributed by atoms with Crippen LogP contribution in [0.4, 0.5) is 0 Å². The molecule has 2 heterocycles. The van der Waals surface area contributed by atoms with Gasteiger partial charge in [0.25, 0.3) is 0 Å². The maximum atomic E-state index is 11.0. The molecule has 3 heteroatoms. The molecular formula is C21H22N2O. The van der Waals surface area contributed by atoms with E-state index in [4.69, 9.17) is 0 Å². The number of likely N-dealkylation sites (tertiary alicyclic amines) is 1. The average Bonchev–Trinajstić information content (AvgIpc) is 2.98. The Morgan fingerprint density at radius 3 is 2.67 bits per heavy atom. The van der Waals surface area contributed by atoms with Crippen LogP contribution in [0.25, 0.3) is 10.9 Å². The van der Waals surface area contributed by atoms with Crippen LogP contribution < -0.4 is 0 Å². The zero-order valence-electron chi connectivity index (χ0n) is 13.9. The van der Waals surface area contributed by atoms with Crippen molar-refractivity contribution < 1.29 is 5.11 Å². The second kappa shape index (κ2) is 6.00. The van der Waals surface area contributed by atoms with Gasteiger partial charge < -0.3 is 5.11 Å². The van der Waals surface area contributed by atoms with Gasteiger partial charge in [0.2, 0.25) is 0 Å². The number of hydrogen-bond acceptors (Lipinski definition) is 3. The lowest BCUT2D eigenvalue weighted by atomic mass is 9.93. The van der Waals surface area contributed by atoms with Crippen molar-refractivity contribution in [3.05, 3.63) is 77.5 Å². The Bertz CT molecular complexity index is 862. The number of pyridine rings is 1. The minimum atomic E-state index is -0.737. The molecule has 1 aromatic heterocycles. The predicted octanol–water partition coefficient (Wildman–Crippen LogP) is 3.64. The van der Waals surface area contributed by atoms with Gasteiger partial charge in [0.05, 0.1) is 5.52 Å². The van der Waals surface area contributed by atoms with E-state index in [0.29, 0.717) is 6.54 Å². The van der Waals surface area contributed by atoms with Crippen LogP contribution >= 0.6 is 0 Å². The summed E-state index contributed by atoms with van der Waals surface area (Å²) in [5, 5.41) is 12.2. The van der Waals surface area contributed by atoms with Gasteiger partial charge in [0.15, 0.2) is 0 Å². The Balaban J connectivity index is 1.59. The topological polar surface area (TPSA) is 36.4 Å². The van der Waals surface area contributed by atoms with Gasteiger partial charge in [-0.3, -0.25) is 9.88 Å². The monoisotopic (exact) mass is 318 g/mol. The standard InChI is InChI=1S/C21H22N2O/c1-16-13-17(19-9-5-6-10-20(19)22-16)14-23-12-11-21(24,15-23)18-7-3-2-4-8-18/h2-10,13,24H,11-12,14-15H2,1H3. The first-order valence-corrected chi connectivity index (χ1v) is 8.50. The Labute approximate surface area is 142 Å². The van der Waals surface area contributed by atoms with Crippen molar-refractivity contribution in [3.63, 3.8) is 0 Å². The molecule has 0 bridgehead atoms. The third-order valence-electron chi connectivity index (χ3n) is 4.96. The maximum Gasteiger partial charge on any atom is 0.103 e. The summed E-state index contributed by atoms with van der Waals surface area (Å²) >= 11 is 0. The van der Waals surface area contributed by atoms with E-state index in [1.165, 1.54) is 10.9 Å². The minimum absolute atomic E-state index is 0.673. The SMILES string of the molecule is Cc1cc(CN2CCC(O)(c3ccccc3)C2)c2ccccc2n1. The van der Waals surface area contributed by atoms with Gasteiger partial charge in [0.1, 0.15) is 5.60 Å². The molecule has 1 saturated heterocycles. The number of β-amino-alcohol motifs (C(OH)–C–C–N with tert-alkyl or cyclic N) is 1. The summed E-state index contributed by atoms with van der Waals surface area (Å²) in [7, 11) is 0. The molecule has 0 radical (unpaired) electrons. The third kappa shape index (κ3) is 2.81. The Morgan fingerprint density at radius 2 is 1.83 bits per heavy atom. The van der Waals surface area contributed by atoms with Crippen LogP contribution in [0.2, 0.25) is 0 Å². The number of hydrogen-bond donors (Lipinski definition) is 1. The van der Waals surface area contributed by atoms with Crippen LogP contribution in [0.3, 0.4) is 0 Å². The fourth-order valence-corrected chi connectivity index (χ4v) is 3.76. The van der Waals surface area contributed by atoms with Crippen molar-refractivity contribution >= 4 is 10.9 Å². The Kier molecular flexibility index (Phi) is 3.83. The van der Waals surface area contributed by atoms with E-state index in [2.05, 4.69) is 34.1 Å². The van der Waals surface area contributed by atoms with Gasteiger partial charge in [-0.25, -0.2) is 0 Å². The number of aromatic nitrogens is 1. The van der Waals surface area contributed by atoms with Gasteiger partial charge in [-0.1, -0.05) is 48.5 Å². The molecule has 0 saturated carbocycles. The van der Waals surface area contributed by atoms with Crippen LogP contribution in [-0.2, 0) is 12.1 Å². The van der Waals surface area contributed by atoms with Crippen molar-refractivity contribution in [3.8, 4) is 0 Å². The van der Waals surface area contributed by atoms with Gasteiger partial charge >= 0.3 is 0 Å². The highest BCUT2D eigenvalue weighted by Gasteiger charge is 2.37. The van der Waals surface area contributed by atoms with Gasteiger partial charge in [-0.2, -0.15) is 0 Å². The van der Waals surface area contributed by atoms with Gasteiger partial charge in [-0.15, -0.1) is 0 Å². The Hall–Kier alpha value is -2.23. The van der Waals surface area contributed by atoms with E-state index in [-0.39, 0.29) is 0 Å². The molecule has 0 amide bonds. The van der Waals surface area contributed by atoms with Crippen molar-refractivity contribution in [2.75, 3.05) is 13.1 Å². The highest BCUT2D eigenvalue weighted by atomic mass is 16.3. The average molecular weight is 318 g/mol. The first-order valence-electron chi connectivity index (χ1n) is 8.50. The smallest absolute Gasteiger partial charge is 0.103 e. The summed E-state index contributed by atoms with van der Waals surface area (Å²) in [6.07, 6.45) is 0.777. The lowest BCUT2D eigenvalue weighted by Crippen LogP contribution is -2.30. The highest BCUT2D eigenvalue weighted by molar-refractivity contribution is 5.82. The number of para-hydroxylation sites is 1. The van der Waals surface area contributed by atoms with E-state index in [9.17, 15) is 5.11 Å². The first-order chi connectivity index (χ1) is 11.6. The molecule has 3 nitrogen and oxygen atoms in total. The lowest BCUT2D eigenvalue weighted by Gasteiger charge is -2.24. The van der Waals surface area contributed by atoms with Crippen molar-refractivity contribution in [2.45, 2.75) is 25.5 Å². The maximum absolute atomic E-state index is 11.0. The number of nitrogens with zero attached hydrogens (tertiary/aromatic N) is 2. The molecule has 1 aliphatic rings. The van der Waals surface area contributed by atoms with E-state index in [1.54, 1.807) is 0 Å². The predicted molar refractivity (Wildman–Crippen MR) is 96.7 cm³/mol. The number of aryl methyl sites for hydroxylation is 1. The van der Waals surface area contributed by atoms with E-state index >= 15 is 0 Å². The van der Waals surface area contributed by atoms with Crippen molar-refractivity contribution in [2.24, 2.45) is 0 Å². The van der Waals surface area contributed by atoms with Crippen molar-refractivity contribution in [1.82, 2.24) is 9.88 Å².